The van der Waals surface area contributed by atoms with Crippen molar-refractivity contribution in [3.8, 4) is 0 Å². The summed E-state index contributed by atoms with van der Waals surface area (Å²) in [4.78, 5) is 16.1. The predicted molar refractivity (Wildman–Crippen MR) is 70.7 cm³/mol. The van der Waals surface area contributed by atoms with Gasteiger partial charge >= 0.3 is 0 Å². The van der Waals surface area contributed by atoms with E-state index in [-0.39, 0.29) is 5.91 Å². The molecule has 0 spiro atoms. The third kappa shape index (κ3) is 2.42. The van der Waals surface area contributed by atoms with Crippen LogP contribution in [0.1, 0.15) is 27.4 Å². The lowest BCUT2D eigenvalue weighted by Crippen LogP contribution is -2.13. The molecule has 0 unspecified atom stereocenters. The van der Waals surface area contributed by atoms with Crippen LogP contribution in [0.3, 0.4) is 0 Å². The van der Waals surface area contributed by atoms with E-state index in [0.29, 0.717) is 16.5 Å². The molecule has 0 saturated heterocycles. The van der Waals surface area contributed by atoms with Crippen molar-refractivity contribution in [3.05, 3.63) is 32.6 Å². The Balaban J connectivity index is 2.26. The summed E-state index contributed by atoms with van der Waals surface area (Å²) >= 11 is 4.67. The Morgan fingerprint density at radius 2 is 2.12 bits per heavy atom. The van der Waals surface area contributed by atoms with Crippen LogP contribution in [-0.2, 0) is 0 Å². The number of nitrogens with one attached hydrogen (secondary N) is 1. The molecule has 0 fully saturated rings. The highest BCUT2D eigenvalue weighted by atomic mass is 79.9. The minimum Gasteiger partial charge on any atom is -0.466 e. The summed E-state index contributed by atoms with van der Waals surface area (Å²) in [6, 6.07) is 0. The van der Waals surface area contributed by atoms with Crippen LogP contribution in [0.5, 0.6) is 0 Å². The molecular formula is C11H11BrN2O2S. The minimum atomic E-state index is -0.182. The number of aromatic nitrogens is 1. The van der Waals surface area contributed by atoms with E-state index in [2.05, 4.69) is 26.2 Å². The first kappa shape index (κ1) is 12.3. The second-order valence-corrected chi connectivity index (χ2v) is 6.05. The normalized spacial score (nSPS) is 10.6. The van der Waals surface area contributed by atoms with Gasteiger partial charge in [0, 0.05) is 5.56 Å². The number of aryl methyl sites for hydroxylation is 2. The molecule has 0 aliphatic carbocycles. The molecule has 17 heavy (non-hydrogen) atoms. The Labute approximate surface area is 111 Å². The number of hydrogen-bond donors (Lipinski definition) is 1. The monoisotopic (exact) mass is 314 g/mol. The van der Waals surface area contributed by atoms with Crippen LogP contribution in [-0.4, -0.2) is 10.9 Å². The summed E-state index contributed by atoms with van der Waals surface area (Å²) in [5.41, 5.74) is 1.46. The van der Waals surface area contributed by atoms with Gasteiger partial charge in [-0.25, -0.2) is 4.98 Å². The third-order valence-electron chi connectivity index (χ3n) is 2.49. The van der Waals surface area contributed by atoms with Crippen LogP contribution < -0.4 is 5.32 Å². The van der Waals surface area contributed by atoms with Crippen molar-refractivity contribution in [1.82, 2.24) is 4.98 Å². The molecule has 2 rings (SSSR count). The number of thiazole rings is 1. The molecular weight excluding hydrogens is 304 g/mol. The Bertz CT molecular complexity index is 574. The maximum absolute atomic E-state index is 12.1. The maximum Gasteiger partial charge on any atom is 0.261 e. The first-order valence-corrected chi connectivity index (χ1v) is 6.59. The van der Waals surface area contributed by atoms with Gasteiger partial charge in [-0.15, -0.1) is 0 Å². The number of rotatable bonds is 2. The first-order valence-electron chi connectivity index (χ1n) is 4.98. The Kier molecular flexibility index (Phi) is 3.35. The van der Waals surface area contributed by atoms with E-state index in [1.165, 1.54) is 11.3 Å². The van der Waals surface area contributed by atoms with Crippen molar-refractivity contribution in [1.29, 1.82) is 0 Å². The SMILES string of the molecule is Cc1oc(C)c(C(=O)Nc2ncc(Br)s2)c1C. The molecule has 0 aliphatic rings. The zero-order valence-corrected chi connectivity index (χ0v) is 12.0. The minimum absolute atomic E-state index is 0.182. The van der Waals surface area contributed by atoms with Gasteiger partial charge in [0.15, 0.2) is 5.13 Å². The predicted octanol–water partition coefficient (Wildman–Crippen LogP) is 3.68. The number of anilines is 1. The van der Waals surface area contributed by atoms with Crippen molar-refractivity contribution in [2.75, 3.05) is 5.32 Å². The number of carbonyl (C=O) groups excluding carboxylic acids is 1. The zero-order valence-electron chi connectivity index (χ0n) is 9.63. The summed E-state index contributed by atoms with van der Waals surface area (Å²) in [6.45, 7) is 5.50. The van der Waals surface area contributed by atoms with Gasteiger partial charge in [-0.3, -0.25) is 10.1 Å². The van der Waals surface area contributed by atoms with Gasteiger partial charge < -0.3 is 4.42 Å². The second-order valence-electron chi connectivity index (χ2n) is 3.64. The van der Waals surface area contributed by atoms with E-state index in [9.17, 15) is 4.79 Å². The van der Waals surface area contributed by atoms with E-state index in [0.717, 1.165) is 15.1 Å². The van der Waals surface area contributed by atoms with Crippen LogP contribution >= 0.6 is 27.3 Å². The van der Waals surface area contributed by atoms with E-state index in [1.807, 2.05) is 13.8 Å². The number of hydrogen-bond acceptors (Lipinski definition) is 4. The van der Waals surface area contributed by atoms with Gasteiger partial charge in [-0.05, 0) is 36.7 Å². The molecule has 4 nitrogen and oxygen atoms in total. The van der Waals surface area contributed by atoms with Crippen molar-refractivity contribution in [2.45, 2.75) is 20.8 Å². The third-order valence-corrected chi connectivity index (χ3v) is 3.88. The Morgan fingerprint density at radius 1 is 1.41 bits per heavy atom. The number of amides is 1. The van der Waals surface area contributed by atoms with Crippen molar-refractivity contribution >= 4 is 38.3 Å². The van der Waals surface area contributed by atoms with Crippen molar-refractivity contribution < 1.29 is 9.21 Å². The van der Waals surface area contributed by atoms with Crippen LogP contribution in [0.2, 0.25) is 0 Å². The fourth-order valence-electron chi connectivity index (χ4n) is 1.60. The molecule has 0 aliphatic heterocycles. The standard InChI is InChI=1S/C11H11BrN2O2S/c1-5-6(2)16-7(3)9(5)10(15)14-11-13-4-8(12)17-11/h4H,1-3H3,(H,13,14,15). The molecule has 6 heteroatoms. The summed E-state index contributed by atoms with van der Waals surface area (Å²) in [5.74, 6) is 1.22. The summed E-state index contributed by atoms with van der Waals surface area (Å²) in [5, 5.41) is 3.32. The average Bonchev–Trinajstić information content (AvgIpc) is 2.73. The molecule has 0 bridgehead atoms. The molecule has 0 aromatic carbocycles. The highest BCUT2D eigenvalue weighted by Crippen LogP contribution is 2.26. The van der Waals surface area contributed by atoms with E-state index >= 15 is 0 Å². The zero-order chi connectivity index (χ0) is 12.6. The Morgan fingerprint density at radius 3 is 2.59 bits per heavy atom. The largest absolute Gasteiger partial charge is 0.466 e. The smallest absolute Gasteiger partial charge is 0.261 e. The van der Waals surface area contributed by atoms with Crippen LogP contribution in [0.25, 0.3) is 0 Å². The lowest BCUT2D eigenvalue weighted by Gasteiger charge is -2.01. The first-order chi connectivity index (χ1) is 7.99. The highest BCUT2D eigenvalue weighted by Gasteiger charge is 2.19. The summed E-state index contributed by atoms with van der Waals surface area (Å²) in [7, 11) is 0. The molecule has 0 saturated carbocycles. The van der Waals surface area contributed by atoms with Gasteiger partial charge in [0.25, 0.3) is 5.91 Å². The van der Waals surface area contributed by atoms with Gasteiger partial charge in [0.05, 0.1) is 15.5 Å². The topological polar surface area (TPSA) is 55.1 Å². The Hall–Kier alpha value is -1.14. The van der Waals surface area contributed by atoms with Crippen molar-refractivity contribution in [2.24, 2.45) is 0 Å². The van der Waals surface area contributed by atoms with Crippen LogP contribution in [0.4, 0.5) is 5.13 Å². The fourth-order valence-corrected chi connectivity index (χ4v) is 2.70. The molecule has 1 amide bonds. The van der Waals surface area contributed by atoms with Crippen LogP contribution in [0, 0.1) is 20.8 Å². The quantitative estimate of drug-likeness (QED) is 0.920. The summed E-state index contributed by atoms with van der Waals surface area (Å²) in [6.07, 6.45) is 1.65. The number of carbonyl (C=O) groups is 1. The van der Waals surface area contributed by atoms with Crippen LogP contribution in [0.15, 0.2) is 14.4 Å². The number of halogens is 1. The molecule has 0 atom stereocenters. The number of furan rings is 1. The molecule has 1 N–H and O–H groups in total. The molecule has 0 radical (unpaired) electrons. The van der Waals surface area contributed by atoms with E-state index in [4.69, 9.17) is 4.42 Å². The molecule has 90 valence electrons. The van der Waals surface area contributed by atoms with Gasteiger partial charge in [-0.2, -0.15) is 0 Å². The second kappa shape index (κ2) is 4.62. The maximum atomic E-state index is 12.1. The van der Waals surface area contributed by atoms with Gasteiger partial charge in [0.1, 0.15) is 11.5 Å². The lowest BCUT2D eigenvalue weighted by molar-refractivity contribution is 0.102. The number of nitrogens with zero attached hydrogens (tertiary/aromatic N) is 1. The molecule has 2 heterocycles. The van der Waals surface area contributed by atoms with E-state index in [1.54, 1.807) is 13.1 Å². The van der Waals surface area contributed by atoms with Crippen molar-refractivity contribution in [3.63, 3.8) is 0 Å². The average molecular weight is 315 g/mol. The molecule has 2 aromatic heterocycles. The lowest BCUT2D eigenvalue weighted by atomic mass is 10.1. The summed E-state index contributed by atoms with van der Waals surface area (Å²) < 4.78 is 6.30. The van der Waals surface area contributed by atoms with E-state index < -0.39 is 0 Å². The van der Waals surface area contributed by atoms with Gasteiger partial charge in [-0.1, -0.05) is 11.3 Å². The van der Waals surface area contributed by atoms with Gasteiger partial charge in [0.2, 0.25) is 0 Å². The fraction of sp³-hybridized carbons (Fsp3) is 0.273. The highest BCUT2D eigenvalue weighted by molar-refractivity contribution is 9.11. The molecule has 2 aromatic rings.